The fraction of sp³-hybridized carbons (Fsp3) is 0.542. The van der Waals surface area contributed by atoms with Gasteiger partial charge in [0.2, 0.25) is 0 Å². The molecule has 0 bridgehead atoms. The summed E-state index contributed by atoms with van der Waals surface area (Å²) in [4.78, 5) is 13.0. The molecule has 0 spiro atoms. The van der Waals surface area contributed by atoms with Crippen LogP contribution in [0.2, 0.25) is 0 Å². The van der Waals surface area contributed by atoms with Crippen molar-refractivity contribution in [3.05, 3.63) is 47.3 Å². The molecule has 0 aromatic heterocycles. The van der Waals surface area contributed by atoms with Crippen molar-refractivity contribution in [1.82, 2.24) is 0 Å². The quantitative estimate of drug-likeness (QED) is 0.426. The zero-order valence-electron chi connectivity index (χ0n) is 19.0. The first-order chi connectivity index (χ1) is 15.1. The summed E-state index contributed by atoms with van der Waals surface area (Å²) >= 11 is 0. The Labute approximate surface area is 187 Å². The number of ether oxygens (including phenoxy) is 5. The zero-order valence-corrected chi connectivity index (χ0v) is 19.0. The minimum Gasteiger partial charge on any atom is -0.467 e. The fourth-order valence-corrected chi connectivity index (χ4v) is 3.74. The maximum Gasteiger partial charge on any atom is 0.342 e. The Hall–Kier alpha value is -2.26. The van der Waals surface area contributed by atoms with Gasteiger partial charge in [0.15, 0.2) is 12.6 Å². The van der Waals surface area contributed by atoms with Gasteiger partial charge in [0, 0.05) is 18.6 Å². The molecule has 7 nitrogen and oxygen atoms in total. The lowest BCUT2D eigenvalue weighted by atomic mass is 9.99. The highest BCUT2D eigenvalue weighted by atomic mass is 19.1. The van der Waals surface area contributed by atoms with Crippen LogP contribution in [0.25, 0.3) is 6.08 Å². The monoisotopic (exact) mass is 450 g/mol. The largest absolute Gasteiger partial charge is 0.467 e. The van der Waals surface area contributed by atoms with Gasteiger partial charge in [0.05, 0.1) is 6.10 Å². The van der Waals surface area contributed by atoms with Crippen LogP contribution in [0.1, 0.15) is 50.0 Å². The first-order valence-corrected chi connectivity index (χ1v) is 10.7. The minimum absolute atomic E-state index is 0.0149. The third kappa shape index (κ3) is 5.56. The Balaban J connectivity index is 2.05. The Morgan fingerprint density at radius 1 is 1.22 bits per heavy atom. The van der Waals surface area contributed by atoms with E-state index in [4.69, 9.17) is 23.7 Å². The van der Waals surface area contributed by atoms with Crippen molar-refractivity contribution in [3.63, 3.8) is 0 Å². The van der Waals surface area contributed by atoms with Gasteiger partial charge < -0.3 is 28.8 Å². The van der Waals surface area contributed by atoms with E-state index in [0.29, 0.717) is 6.42 Å². The lowest BCUT2D eigenvalue weighted by Gasteiger charge is -2.22. The van der Waals surface area contributed by atoms with Gasteiger partial charge >= 0.3 is 5.97 Å². The molecule has 1 N–H and O–H groups in total. The lowest BCUT2D eigenvalue weighted by Crippen LogP contribution is -2.34. The average Bonchev–Trinajstić information content (AvgIpc) is 3.05. The van der Waals surface area contributed by atoms with Crippen molar-refractivity contribution in [2.24, 2.45) is 5.92 Å². The van der Waals surface area contributed by atoms with Gasteiger partial charge in [-0.2, -0.15) is 0 Å². The molecule has 1 aromatic carbocycles. The minimum atomic E-state index is -0.915. The van der Waals surface area contributed by atoms with Gasteiger partial charge in [-0.05, 0) is 39.3 Å². The molecule has 5 atom stereocenters. The molecule has 1 unspecified atom stereocenters. The van der Waals surface area contributed by atoms with Gasteiger partial charge in [0.1, 0.15) is 35.4 Å². The number of aliphatic hydroxyl groups excluding tert-OH is 1. The van der Waals surface area contributed by atoms with E-state index < -0.39 is 42.0 Å². The predicted octanol–water partition coefficient (Wildman–Crippen LogP) is 3.84. The van der Waals surface area contributed by atoms with E-state index >= 15 is 0 Å². The maximum absolute atomic E-state index is 14.8. The van der Waals surface area contributed by atoms with E-state index in [0.717, 1.165) is 0 Å². The molecule has 1 fully saturated rings. The number of carbonyl (C=O) groups excluding carboxylic acids is 1. The van der Waals surface area contributed by atoms with Crippen LogP contribution >= 0.6 is 0 Å². The summed E-state index contributed by atoms with van der Waals surface area (Å²) < 4.78 is 42.7. The molecule has 1 aromatic rings. The normalized spacial score (nSPS) is 31.2. The van der Waals surface area contributed by atoms with Crippen LogP contribution in [0.3, 0.4) is 0 Å². The molecule has 2 aliphatic rings. The number of methoxy groups -OCH3 is 1. The third-order valence-electron chi connectivity index (χ3n) is 5.55. The summed E-state index contributed by atoms with van der Waals surface area (Å²) in [6.07, 6.45) is 4.41. The predicted molar refractivity (Wildman–Crippen MR) is 116 cm³/mol. The molecule has 32 heavy (non-hydrogen) atoms. The zero-order chi connectivity index (χ0) is 23.5. The van der Waals surface area contributed by atoms with Gasteiger partial charge in [-0.3, -0.25) is 0 Å². The van der Waals surface area contributed by atoms with E-state index in [1.807, 2.05) is 6.92 Å². The Kier molecular flexibility index (Phi) is 7.71. The molecule has 3 rings (SSSR count). The van der Waals surface area contributed by atoms with Crippen molar-refractivity contribution in [2.45, 2.75) is 64.3 Å². The molecular weight excluding hydrogens is 419 g/mol. The maximum atomic E-state index is 14.8. The van der Waals surface area contributed by atoms with Crippen LogP contribution in [0, 0.1) is 11.7 Å². The molecule has 0 radical (unpaired) electrons. The van der Waals surface area contributed by atoms with Gasteiger partial charge in [-0.15, -0.1) is 0 Å². The standard InChI is InChI=1S/C24H31FO7/c1-14-9-11-18(26)22-20(31-24(3,4)32-22)8-6-7-16-17(25)10-12-19(29-13-28-5)21(16)23(27)30-15(14)2/h6-7,9-12,14-15,18,20,22,26H,8,13H2,1-5H3/b7-6?,11-9-/t14-,15+,18?,20+,22-/m1/s1. The summed E-state index contributed by atoms with van der Waals surface area (Å²) in [5.41, 5.74) is 0.0326. The van der Waals surface area contributed by atoms with E-state index in [1.165, 1.54) is 25.3 Å². The first kappa shape index (κ1) is 24.4. The number of hydrogen-bond donors (Lipinski definition) is 1. The highest BCUT2D eigenvalue weighted by Gasteiger charge is 2.43. The fourth-order valence-electron chi connectivity index (χ4n) is 3.74. The number of benzene rings is 1. The third-order valence-corrected chi connectivity index (χ3v) is 5.55. The van der Waals surface area contributed by atoms with Crippen molar-refractivity contribution >= 4 is 12.0 Å². The molecule has 2 aliphatic heterocycles. The molecule has 0 amide bonds. The average molecular weight is 451 g/mol. The van der Waals surface area contributed by atoms with Gasteiger partial charge in [-0.25, -0.2) is 9.18 Å². The molecule has 2 heterocycles. The van der Waals surface area contributed by atoms with Crippen LogP contribution in [0.15, 0.2) is 30.4 Å². The lowest BCUT2D eigenvalue weighted by molar-refractivity contribution is -0.152. The molecule has 1 saturated heterocycles. The van der Waals surface area contributed by atoms with E-state index in [-0.39, 0.29) is 29.6 Å². The molecule has 0 aliphatic carbocycles. The van der Waals surface area contributed by atoms with Crippen LogP contribution in [-0.2, 0) is 18.9 Å². The first-order valence-electron chi connectivity index (χ1n) is 10.7. The number of rotatable bonds is 3. The van der Waals surface area contributed by atoms with E-state index in [1.54, 1.807) is 39.0 Å². The SMILES string of the molecule is COCOc1ccc(F)c2c1C(=O)O[C@@H](C)[C@H](C)/C=C\C(O)[C@H]1OC(C)(C)O[C@H]1CC=C2. The summed E-state index contributed by atoms with van der Waals surface area (Å²) in [6, 6.07) is 2.60. The van der Waals surface area contributed by atoms with Crippen LogP contribution in [0.4, 0.5) is 4.39 Å². The van der Waals surface area contributed by atoms with Crippen LogP contribution in [-0.4, -0.2) is 55.2 Å². The number of esters is 1. The number of aliphatic hydroxyl groups is 1. The van der Waals surface area contributed by atoms with E-state index in [9.17, 15) is 14.3 Å². The summed E-state index contributed by atoms with van der Waals surface area (Å²) in [6.45, 7) is 7.04. The second-order valence-electron chi connectivity index (χ2n) is 8.51. The van der Waals surface area contributed by atoms with E-state index in [2.05, 4.69) is 0 Å². The number of halogens is 1. The molecule has 0 saturated carbocycles. The Bertz CT molecular complexity index is 879. The topological polar surface area (TPSA) is 83.5 Å². The van der Waals surface area contributed by atoms with Gasteiger partial charge in [-0.1, -0.05) is 31.2 Å². The summed E-state index contributed by atoms with van der Waals surface area (Å²) in [7, 11) is 1.45. The molecule has 8 heteroatoms. The van der Waals surface area contributed by atoms with Crippen LogP contribution < -0.4 is 4.74 Å². The van der Waals surface area contributed by atoms with Crippen molar-refractivity contribution in [3.8, 4) is 5.75 Å². The second-order valence-corrected chi connectivity index (χ2v) is 8.51. The van der Waals surface area contributed by atoms with Crippen molar-refractivity contribution in [1.29, 1.82) is 0 Å². The molecule has 176 valence electrons. The second kappa shape index (κ2) is 10.1. The number of hydrogen-bond acceptors (Lipinski definition) is 7. The number of carbonyl (C=O) groups is 1. The Morgan fingerprint density at radius 2 is 1.97 bits per heavy atom. The number of cyclic esters (lactones) is 1. The number of fused-ring (bicyclic) bond motifs is 2. The summed E-state index contributed by atoms with van der Waals surface area (Å²) in [5.74, 6) is -2.23. The van der Waals surface area contributed by atoms with Gasteiger partial charge in [0.25, 0.3) is 0 Å². The van der Waals surface area contributed by atoms with Crippen LogP contribution in [0.5, 0.6) is 5.75 Å². The Morgan fingerprint density at radius 3 is 2.69 bits per heavy atom. The van der Waals surface area contributed by atoms with Crippen molar-refractivity contribution < 1.29 is 38.0 Å². The van der Waals surface area contributed by atoms with Crippen molar-refractivity contribution in [2.75, 3.05) is 13.9 Å². The molecular formula is C24H31FO7. The highest BCUT2D eigenvalue weighted by Crippen LogP contribution is 2.34. The highest BCUT2D eigenvalue weighted by molar-refractivity contribution is 5.97. The summed E-state index contributed by atoms with van der Waals surface area (Å²) in [5, 5.41) is 10.7. The smallest absolute Gasteiger partial charge is 0.342 e.